The molecule has 27 heavy (non-hydrogen) atoms. The van der Waals surface area contributed by atoms with Crippen LogP contribution >= 0.6 is 0 Å². The van der Waals surface area contributed by atoms with Gasteiger partial charge in [-0.1, -0.05) is 54.6 Å². The fourth-order valence-corrected chi connectivity index (χ4v) is 3.87. The van der Waals surface area contributed by atoms with Crippen LogP contribution in [0.4, 0.5) is 0 Å². The Bertz CT molecular complexity index is 1300. The smallest absolute Gasteiger partial charge is 0.362 e. The Kier molecular flexibility index (Phi) is 3.72. The molecule has 0 atom stereocenters. The molecule has 1 heterocycles. The van der Waals surface area contributed by atoms with Crippen molar-refractivity contribution in [3.05, 3.63) is 111 Å². The summed E-state index contributed by atoms with van der Waals surface area (Å²) in [7, 11) is 0. The standard InChI is InChI=1S/C24H17NO2/c26-24(22-9-3-4-15-25-22)27-23-10-5-8-18-20-12-11-16-6-1-2-7-17(16)19(20)13-14-21(18)23/h1-7,9-11,13-15H,8,12H2. The summed E-state index contributed by atoms with van der Waals surface area (Å²) in [5.74, 6) is 0.159. The van der Waals surface area contributed by atoms with Crippen LogP contribution < -0.4 is 10.4 Å². The molecule has 3 heteroatoms. The zero-order valence-corrected chi connectivity index (χ0v) is 14.7. The van der Waals surface area contributed by atoms with Crippen LogP contribution in [0.15, 0.2) is 72.9 Å². The monoisotopic (exact) mass is 351 g/mol. The van der Waals surface area contributed by atoms with Crippen LogP contribution in [0.3, 0.4) is 0 Å². The summed E-state index contributed by atoms with van der Waals surface area (Å²) in [5, 5.41) is 4.82. The van der Waals surface area contributed by atoms with Crippen molar-refractivity contribution in [3.63, 3.8) is 0 Å². The minimum Gasteiger partial charge on any atom is -0.421 e. The molecule has 0 unspecified atom stereocenters. The van der Waals surface area contributed by atoms with Gasteiger partial charge in [0.05, 0.1) is 0 Å². The molecule has 2 aliphatic rings. The summed E-state index contributed by atoms with van der Waals surface area (Å²) >= 11 is 0. The highest BCUT2D eigenvalue weighted by Gasteiger charge is 2.16. The predicted octanol–water partition coefficient (Wildman–Crippen LogP) is 2.78. The van der Waals surface area contributed by atoms with E-state index in [2.05, 4.69) is 53.5 Å². The third-order valence-electron chi connectivity index (χ3n) is 5.14. The van der Waals surface area contributed by atoms with Crippen molar-refractivity contribution in [3.8, 4) is 0 Å². The van der Waals surface area contributed by atoms with Crippen molar-refractivity contribution in [2.75, 3.05) is 0 Å². The van der Waals surface area contributed by atoms with Gasteiger partial charge >= 0.3 is 5.97 Å². The third kappa shape index (κ3) is 2.68. The van der Waals surface area contributed by atoms with Gasteiger partial charge in [-0.05, 0) is 57.8 Å². The molecular weight excluding hydrogens is 334 g/mol. The number of ether oxygens (including phenoxy) is 1. The number of allylic oxidation sites excluding steroid dienone is 1. The van der Waals surface area contributed by atoms with Crippen LogP contribution in [0.1, 0.15) is 21.6 Å². The number of hydrogen-bond donors (Lipinski definition) is 0. The van der Waals surface area contributed by atoms with E-state index in [4.69, 9.17) is 4.74 Å². The first kappa shape index (κ1) is 15.8. The Labute approximate surface area is 156 Å². The molecule has 0 radical (unpaired) electrons. The normalized spacial score (nSPS) is 13.9. The lowest BCUT2D eigenvalue weighted by molar-refractivity contribution is 0.0685. The number of nitrogens with zero attached hydrogens (tertiary/aromatic N) is 1. The van der Waals surface area contributed by atoms with Crippen LogP contribution in [0.5, 0.6) is 0 Å². The van der Waals surface area contributed by atoms with Crippen LogP contribution in [0, 0.1) is 10.4 Å². The molecule has 0 fully saturated rings. The first-order chi connectivity index (χ1) is 13.3. The van der Waals surface area contributed by atoms with Gasteiger partial charge in [0.1, 0.15) is 11.5 Å². The number of fused-ring (bicyclic) bond motifs is 4. The summed E-state index contributed by atoms with van der Waals surface area (Å²) in [5.41, 5.74) is 2.87. The van der Waals surface area contributed by atoms with E-state index in [-0.39, 0.29) is 0 Å². The third-order valence-corrected chi connectivity index (χ3v) is 5.14. The molecule has 0 saturated heterocycles. The van der Waals surface area contributed by atoms with Crippen molar-refractivity contribution in [1.82, 2.24) is 4.98 Å². The molecule has 3 nitrogen and oxygen atoms in total. The fraction of sp³-hybridized carbons (Fsp3) is 0.0833. The topological polar surface area (TPSA) is 39.2 Å². The van der Waals surface area contributed by atoms with E-state index >= 15 is 0 Å². The van der Waals surface area contributed by atoms with Crippen LogP contribution in [0.2, 0.25) is 0 Å². The molecule has 0 amide bonds. The van der Waals surface area contributed by atoms with Gasteiger partial charge in [0, 0.05) is 11.4 Å². The van der Waals surface area contributed by atoms with Crippen molar-refractivity contribution in [2.24, 2.45) is 0 Å². The minimum absolute atomic E-state index is 0.311. The second-order valence-corrected chi connectivity index (χ2v) is 6.69. The Morgan fingerprint density at radius 1 is 0.852 bits per heavy atom. The molecule has 0 bridgehead atoms. The molecule has 2 aromatic carbocycles. The number of rotatable bonds is 2. The molecule has 0 N–H and O–H groups in total. The molecule has 130 valence electrons. The van der Waals surface area contributed by atoms with Crippen LogP contribution in [-0.2, 0) is 17.6 Å². The van der Waals surface area contributed by atoms with Gasteiger partial charge in [-0.2, -0.15) is 0 Å². The van der Waals surface area contributed by atoms with E-state index in [1.807, 2.05) is 6.08 Å². The molecule has 0 aliphatic heterocycles. The van der Waals surface area contributed by atoms with Crippen LogP contribution in [0.25, 0.3) is 11.8 Å². The SMILES string of the molecule is O=C(OC1=c2ccc3c(c2CC=C1)CC=c1ccccc1=3)c1ccccn1. The van der Waals surface area contributed by atoms with Gasteiger partial charge in [-0.15, -0.1) is 0 Å². The Morgan fingerprint density at radius 2 is 1.67 bits per heavy atom. The maximum Gasteiger partial charge on any atom is 0.362 e. The lowest BCUT2D eigenvalue weighted by Crippen LogP contribution is -2.22. The van der Waals surface area contributed by atoms with Crippen molar-refractivity contribution in [1.29, 1.82) is 0 Å². The maximum absolute atomic E-state index is 12.4. The minimum atomic E-state index is -0.433. The zero-order chi connectivity index (χ0) is 18.2. The predicted molar refractivity (Wildman–Crippen MR) is 104 cm³/mol. The molecule has 0 spiro atoms. The van der Waals surface area contributed by atoms with E-state index in [0.29, 0.717) is 11.5 Å². The Hall–Kier alpha value is -3.46. The highest BCUT2D eigenvalue weighted by Crippen LogP contribution is 2.18. The fourth-order valence-electron chi connectivity index (χ4n) is 3.87. The lowest BCUT2D eigenvalue weighted by atomic mass is 9.90. The van der Waals surface area contributed by atoms with E-state index in [1.54, 1.807) is 24.4 Å². The number of carbonyl (C=O) groups excluding carboxylic acids is 1. The molecule has 1 aromatic heterocycles. The number of esters is 1. The summed E-state index contributed by atoms with van der Waals surface area (Å²) < 4.78 is 5.68. The average Bonchev–Trinajstić information content (AvgIpc) is 2.74. The first-order valence-corrected chi connectivity index (χ1v) is 9.06. The zero-order valence-electron chi connectivity index (χ0n) is 14.7. The molecule has 2 aliphatic carbocycles. The molecular formula is C24H17NO2. The number of pyridine rings is 1. The quantitative estimate of drug-likeness (QED) is 0.667. The van der Waals surface area contributed by atoms with E-state index < -0.39 is 5.97 Å². The first-order valence-electron chi connectivity index (χ1n) is 9.06. The van der Waals surface area contributed by atoms with Gasteiger partial charge in [0.15, 0.2) is 0 Å². The average molecular weight is 351 g/mol. The van der Waals surface area contributed by atoms with Gasteiger partial charge in [-0.25, -0.2) is 9.78 Å². The van der Waals surface area contributed by atoms with Crippen molar-refractivity contribution >= 4 is 17.8 Å². The number of carbonyl (C=O) groups is 1. The second kappa shape index (κ2) is 6.36. The van der Waals surface area contributed by atoms with Gasteiger partial charge in [0.25, 0.3) is 0 Å². The van der Waals surface area contributed by atoms with Crippen molar-refractivity contribution in [2.45, 2.75) is 12.8 Å². The maximum atomic E-state index is 12.4. The highest BCUT2D eigenvalue weighted by atomic mass is 16.5. The summed E-state index contributed by atoms with van der Waals surface area (Å²) in [6.45, 7) is 0. The molecule has 5 rings (SSSR count). The molecule has 3 aromatic rings. The van der Waals surface area contributed by atoms with E-state index in [9.17, 15) is 4.79 Å². The van der Waals surface area contributed by atoms with E-state index in [0.717, 1.165) is 18.1 Å². The lowest BCUT2D eigenvalue weighted by Gasteiger charge is -2.17. The number of benzene rings is 2. The van der Waals surface area contributed by atoms with Gasteiger partial charge < -0.3 is 4.74 Å². The van der Waals surface area contributed by atoms with Crippen LogP contribution in [-0.4, -0.2) is 11.0 Å². The number of hydrogen-bond acceptors (Lipinski definition) is 3. The Morgan fingerprint density at radius 3 is 2.56 bits per heavy atom. The van der Waals surface area contributed by atoms with Gasteiger partial charge in [0.2, 0.25) is 0 Å². The largest absolute Gasteiger partial charge is 0.421 e. The summed E-state index contributed by atoms with van der Waals surface area (Å²) in [6, 6.07) is 17.9. The highest BCUT2D eigenvalue weighted by molar-refractivity contribution is 5.90. The second-order valence-electron chi connectivity index (χ2n) is 6.69. The van der Waals surface area contributed by atoms with Gasteiger partial charge in [-0.3, -0.25) is 0 Å². The Balaban J connectivity index is 1.68. The summed E-state index contributed by atoms with van der Waals surface area (Å²) in [6.07, 6.45) is 9.55. The molecule has 0 saturated carbocycles. The van der Waals surface area contributed by atoms with Crippen molar-refractivity contribution < 1.29 is 9.53 Å². The summed E-state index contributed by atoms with van der Waals surface area (Å²) in [4.78, 5) is 16.5. The number of aromatic nitrogens is 1. The van der Waals surface area contributed by atoms with E-state index in [1.165, 1.54) is 26.8 Å².